The fourth-order valence-electron chi connectivity index (χ4n) is 1.80. The molecule has 2 aromatic rings. The number of anilines is 2. The Hall–Kier alpha value is -1.44. The van der Waals surface area contributed by atoms with Crippen LogP contribution in [0.1, 0.15) is 5.56 Å². The molecule has 1 aliphatic heterocycles. The number of hydrogen-bond donors (Lipinski definition) is 1. The second-order valence-corrected chi connectivity index (χ2v) is 3.67. The molecule has 0 atom stereocenters. The van der Waals surface area contributed by atoms with Crippen LogP contribution in [0.3, 0.4) is 0 Å². The Morgan fingerprint density at radius 1 is 0.938 bits per heavy atom. The van der Waals surface area contributed by atoms with E-state index in [0.29, 0.717) is 0 Å². The predicted octanol–water partition coefficient (Wildman–Crippen LogP) is 2.93. The van der Waals surface area contributed by atoms with Gasteiger partial charge in [0, 0.05) is 0 Å². The zero-order valence-electron chi connectivity index (χ0n) is 8.95. The number of fused-ring (bicyclic) bond motifs is 2. The number of benzene rings is 2. The van der Waals surface area contributed by atoms with Crippen LogP contribution in [0.25, 0.3) is 0 Å². The summed E-state index contributed by atoms with van der Waals surface area (Å²) in [5.41, 5.74) is 3.29. The molecule has 0 aliphatic carbocycles. The maximum absolute atomic E-state index is 5.80. The van der Waals surface area contributed by atoms with Crippen molar-refractivity contribution in [3.05, 3.63) is 48.0 Å². The van der Waals surface area contributed by atoms with E-state index in [-0.39, 0.29) is 17.1 Å². The molecule has 0 fully saturated rings. The van der Waals surface area contributed by atoms with Gasteiger partial charge < -0.3 is 10.1 Å². The molecule has 0 spiro atoms. The molecule has 2 aromatic carbocycles. The van der Waals surface area contributed by atoms with Gasteiger partial charge in [-0.2, -0.15) is 0 Å². The molecule has 0 bridgehead atoms. The fraction of sp³-hybridized carbons (Fsp3) is 0.0769. The topological polar surface area (TPSA) is 21.3 Å². The van der Waals surface area contributed by atoms with Crippen molar-refractivity contribution >= 4 is 28.4 Å². The van der Waals surface area contributed by atoms with Gasteiger partial charge in [-0.1, -0.05) is 24.3 Å². The molecule has 3 rings (SSSR count). The molecule has 0 unspecified atom stereocenters. The van der Waals surface area contributed by atoms with Gasteiger partial charge in [-0.3, -0.25) is 0 Å². The van der Waals surface area contributed by atoms with Crippen LogP contribution >= 0.6 is 0 Å². The average molecular weight is 278 g/mol. The first-order valence-electron chi connectivity index (χ1n) is 4.98. The van der Waals surface area contributed by atoms with Crippen LogP contribution in [-0.2, 0) is 0 Å². The van der Waals surface area contributed by atoms with Crippen LogP contribution in [-0.4, -0.2) is 17.1 Å². The van der Waals surface area contributed by atoms with E-state index >= 15 is 0 Å². The van der Waals surface area contributed by atoms with Gasteiger partial charge in [0.05, 0.1) is 11.4 Å². The zero-order valence-corrected chi connectivity index (χ0v) is 11.0. The molecular weight excluding hydrogens is 265 g/mol. The Morgan fingerprint density at radius 2 is 1.69 bits per heavy atom. The summed E-state index contributed by atoms with van der Waals surface area (Å²) in [4.78, 5) is 0. The van der Waals surface area contributed by atoms with E-state index in [0.717, 1.165) is 22.9 Å². The van der Waals surface area contributed by atoms with Crippen LogP contribution in [0, 0.1) is 6.92 Å². The number of hydrogen-bond acceptors (Lipinski definition) is 2. The summed E-state index contributed by atoms with van der Waals surface area (Å²) < 4.78 is 5.80. The van der Waals surface area contributed by atoms with Gasteiger partial charge in [0.2, 0.25) is 0 Å². The van der Waals surface area contributed by atoms with E-state index in [4.69, 9.17) is 4.74 Å². The number of para-hydroxylation sites is 3. The van der Waals surface area contributed by atoms with E-state index in [9.17, 15) is 0 Å². The van der Waals surface area contributed by atoms with Crippen LogP contribution in [0.4, 0.5) is 11.4 Å². The maximum atomic E-state index is 5.80. The Bertz CT molecular complexity index is 525. The number of nitrogens with one attached hydrogen (secondary N) is 1. The Morgan fingerprint density at radius 3 is 2.56 bits per heavy atom. The third-order valence-electron chi connectivity index (χ3n) is 2.60. The molecule has 2 nitrogen and oxygen atoms in total. The van der Waals surface area contributed by atoms with Crippen molar-refractivity contribution in [2.24, 2.45) is 0 Å². The molecule has 0 saturated carbocycles. The summed E-state index contributed by atoms with van der Waals surface area (Å²) in [7, 11) is 0. The molecule has 1 heterocycles. The summed E-state index contributed by atoms with van der Waals surface area (Å²) in [6, 6.07) is 14.0. The molecular formula is C13H13NOSe. The molecule has 0 aromatic heterocycles. The molecule has 1 N–H and O–H groups in total. The summed E-state index contributed by atoms with van der Waals surface area (Å²) in [5.74, 6) is 1.78. The molecule has 16 heavy (non-hydrogen) atoms. The van der Waals surface area contributed by atoms with E-state index in [1.165, 1.54) is 5.56 Å². The van der Waals surface area contributed by atoms with Crippen LogP contribution in [0.5, 0.6) is 11.5 Å². The summed E-state index contributed by atoms with van der Waals surface area (Å²) in [6.45, 7) is 2.07. The second-order valence-electron chi connectivity index (χ2n) is 3.67. The first-order valence-corrected chi connectivity index (χ1v) is 4.98. The van der Waals surface area contributed by atoms with Gasteiger partial charge >= 0.3 is 17.1 Å². The minimum absolute atomic E-state index is 0. The van der Waals surface area contributed by atoms with Gasteiger partial charge in [0.25, 0.3) is 0 Å². The standard InChI is InChI=1S/C13H11NO.H2Se/c1-9-5-4-8-12-13(9)14-10-6-2-3-7-11(10)15-12;/h2-8,14H,1H3;1H2. The van der Waals surface area contributed by atoms with Crippen LogP contribution in [0.2, 0.25) is 0 Å². The van der Waals surface area contributed by atoms with Gasteiger partial charge in [-0.05, 0) is 30.7 Å². The van der Waals surface area contributed by atoms with E-state index < -0.39 is 0 Å². The van der Waals surface area contributed by atoms with Crippen molar-refractivity contribution in [3.8, 4) is 11.5 Å². The van der Waals surface area contributed by atoms with Crippen molar-refractivity contribution in [1.29, 1.82) is 0 Å². The SMILES string of the molecule is Cc1cccc2c1Nc1ccccc1O2.[SeH2]. The van der Waals surface area contributed by atoms with Crippen molar-refractivity contribution in [2.75, 3.05) is 5.32 Å². The van der Waals surface area contributed by atoms with Gasteiger partial charge in [-0.25, -0.2) is 0 Å². The molecule has 0 radical (unpaired) electrons. The zero-order chi connectivity index (χ0) is 10.3. The van der Waals surface area contributed by atoms with Crippen molar-refractivity contribution in [3.63, 3.8) is 0 Å². The molecule has 82 valence electrons. The Balaban J connectivity index is 0.000000963. The number of ether oxygens (including phenoxy) is 1. The van der Waals surface area contributed by atoms with Crippen LogP contribution in [0.15, 0.2) is 42.5 Å². The summed E-state index contributed by atoms with van der Waals surface area (Å²) in [5, 5.41) is 3.38. The molecule has 1 aliphatic rings. The molecule has 3 heteroatoms. The normalized spacial score (nSPS) is 11.3. The van der Waals surface area contributed by atoms with Crippen molar-refractivity contribution in [2.45, 2.75) is 6.92 Å². The third kappa shape index (κ3) is 1.68. The van der Waals surface area contributed by atoms with Gasteiger partial charge in [-0.15, -0.1) is 0 Å². The van der Waals surface area contributed by atoms with E-state index in [1.807, 2.05) is 36.4 Å². The van der Waals surface area contributed by atoms with Crippen molar-refractivity contribution < 1.29 is 4.74 Å². The second kappa shape index (κ2) is 4.20. The minimum atomic E-state index is 0. The van der Waals surface area contributed by atoms with Crippen LogP contribution < -0.4 is 10.1 Å². The Kier molecular flexibility index (Phi) is 2.90. The monoisotopic (exact) mass is 279 g/mol. The van der Waals surface area contributed by atoms with E-state index in [1.54, 1.807) is 0 Å². The molecule has 0 saturated heterocycles. The summed E-state index contributed by atoms with van der Waals surface area (Å²) in [6.07, 6.45) is 0. The number of aryl methyl sites for hydroxylation is 1. The summed E-state index contributed by atoms with van der Waals surface area (Å²) >= 11 is 0. The first-order chi connectivity index (χ1) is 7.34. The molecule has 0 amide bonds. The predicted molar refractivity (Wildman–Crippen MR) is 69.5 cm³/mol. The van der Waals surface area contributed by atoms with E-state index in [2.05, 4.69) is 18.3 Å². The average Bonchev–Trinajstić information content (AvgIpc) is 2.27. The number of rotatable bonds is 0. The van der Waals surface area contributed by atoms with Gasteiger partial charge in [0.1, 0.15) is 0 Å². The first kappa shape index (κ1) is 11.1. The van der Waals surface area contributed by atoms with Crippen molar-refractivity contribution in [1.82, 2.24) is 0 Å². The quantitative estimate of drug-likeness (QED) is 0.638. The fourth-order valence-corrected chi connectivity index (χ4v) is 1.80. The Labute approximate surface area is 105 Å². The third-order valence-corrected chi connectivity index (χ3v) is 2.60. The van der Waals surface area contributed by atoms with Gasteiger partial charge in [0.15, 0.2) is 11.5 Å².